The minimum Gasteiger partial charge on any atom is -0.481 e. The molecule has 0 spiro atoms. The van der Waals surface area contributed by atoms with Gasteiger partial charge in [-0.25, -0.2) is 0 Å². The first-order chi connectivity index (χ1) is 9.43. The SMILES string of the molecule is CC(C)(C(=O)NC1CCCC1C(=O)O)C1CCCNC1. The first kappa shape index (κ1) is 15.3. The van der Waals surface area contributed by atoms with E-state index in [1.807, 2.05) is 13.8 Å². The number of carboxylic acid groups (broad SMARTS) is 1. The molecule has 3 N–H and O–H groups in total. The number of carboxylic acids is 1. The van der Waals surface area contributed by atoms with Gasteiger partial charge in [0.05, 0.1) is 5.92 Å². The summed E-state index contributed by atoms with van der Waals surface area (Å²) in [4.78, 5) is 23.7. The summed E-state index contributed by atoms with van der Waals surface area (Å²) in [5, 5.41) is 15.5. The van der Waals surface area contributed by atoms with E-state index in [1.165, 1.54) is 0 Å². The topological polar surface area (TPSA) is 78.4 Å². The van der Waals surface area contributed by atoms with E-state index in [2.05, 4.69) is 10.6 Å². The van der Waals surface area contributed by atoms with Gasteiger partial charge in [-0.05, 0) is 44.7 Å². The Labute approximate surface area is 120 Å². The van der Waals surface area contributed by atoms with Crippen molar-refractivity contribution < 1.29 is 14.7 Å². The second kappa shape index (κ2) is 6.12. The van der Waals surface area contributed by atoms with Crippen LogP contribution in [0.5, 0.6) is 0 Å². The van der Waals surface area contributed by atoms with E-state index in [9.17, 15) is 14.7 Å². The molecular formula is C15H26N2O3. The molecule has 1 aliphatic carbocycles. The number of piperidine rings is 1. The molecule has 0 radical (unpaired) electrons. The molecule has 5 heteroatoms. The Morgan fingerprint density at radius 3 is 2.55 bits per heavy atom. The van der Waals surface area contributed by atoms with Crippen LogP contribution in [0.1, 0.15) is 46.0 Å². The monoisotopic (exact) mass is 282 g/mol. The zero-order valence-electron chi connectivity index (χ0n) is 12.4. The third kappa shape index (κ3) is 3.14. The average Bonchev–Trinajstić information content (AvgIpc) is 2.88. The molecule has 2 aliphatic rings. The van der Waals surface area contributed by atoms with Gasteiger partial charge in [0.25, 0.3) is 0 Å². The summed E-state index contributed by atoms with van der Waals surface area (Å²) in [5.41, 5.74) is -0.445. The van der Waals surface area contributed by atoms with Crippen LogP contribution in [0.25, 0.3) is 0 Å². The fourth-order valence-electron chi connectivity index (χ4n) is 3.44. The van der Waals surface area contributed by atoms with Crippen molar-refractivity contribution in [3.05, 3.63) is 0 Å². The number of amides is 1. The fourth-order valence-corrected chi connectivity index (χ4v) is 3.44. The van der Waals surface area contributed by atoms with Crippen molar-refractivity contribution in [2.24, 2.45) is 17.3 Å². The highest BCUT2D eigenvalue weighted by atomic mass is 16.4. The molecular weight excluding hydrogens is 256 g/mol. The van der Waals surface area contributed by atoms with Crippen molar-refractivity contribution in [1.82, 2.24) is 10.6 Å². The van der Waals surface area contributed by atoms with Gasteiger partial charge in [0, 0.05) is 11.5 Å². The van der Waals surface area contributed by atoms with Crippen LogP contribution >= 0.6 is 0 Å². The average molecular weight is 282 g/mol. The second-order valence-electron chi connectivity index (χ2n) is 6.72. The van der Waals surface area contributed by atoms with Crippen molar-refractivity contribution in [1.29, 1.82) is 0 Å². The van der Waals surface area contributed by atoms with E-state index < -0.39 is 17.3 Å². The van der Waals surface area contributed by atoms with Gasteiger partial charge in [-0.1, -0.05) is 20.3 Å². The van der Waals surface area contributed by atoms with Crippen molar-refractivity contribution in [2.45, 2.75) is 52.0 Å². The molecule has 2 fully saturated rings. The zero-order chi connectivity index (χ0) is 14.8. The lowest BCUT2D eigenvalue weighted by atomic mass is 9.74. The third-order valence-electron chi connectivity index (χ3n) is 5.05. The van der Waals surface area contributed by atoms with Crippen LogP contribution in [-0.2, 0) is 9.59 Å². The molecule has 1 aliphatic heterocycles. The summed E-state index contributed by atoms with van der Waals surface area (Å²) in [7, 11) is 0. The Kier molecular flexibility index (Phi) is 4.68. The molecule has 1 heterocycles. The Hall–Kier alpha value is -1.10. The van der Waals surface area contributed by atoms with Crippen LogP contribution in [0.4, 0.5) is 0 Å². The summed E-state index contributed by atoms with van der Waals surface area (Å²) in [6.45, 7) is 5.85. The molecule has 3 atom stereocenters. The van der Waals surface area contributed by atoms with Gasteiger partial charge in [0.1, 0.15) is 0 Å². The van der Waals surface area contributed by atoms with E-state index in [4.69, 9.17) is 0 Å². The lowest BCUT2D eigenvalue weighted by molar-refractivity contribution is -0.143. The maximum Gasteiger partial charge on any atom is 0.308 e. The Bertz CT molecular complexity index is 375. The van der Waals surface area contributed by atoms with E-state index in [-0.39, 0.29) is 11.9 Å². The van der Waals surface area contributed by atoms with Gasteiger partial charge in [-0.3, -0.25) is 9.59 Å². The summed E-state index contributed by atoms with van der Waals surface area (Å²) in [6, 6.07) is -0.198. The minimum absolute atomic E-state index is 0.00403. The van der Waals surface area contributed by atoms with Crippen LogP contribution in [0, 0.1) is 17.3 Å². The van der Waals surface area contributed by atoms with Gasteiger partial charge < -0.3 is 15.7 Å². The van der Waals surface area contributed by atoms with Gasteiger partial charge in [0.15, 0.2) is 0 Å². The molecule has 3 unspecified atom stereocenters. The first-order valence-electron chi connectivity index (χ1n) is 7.67. The highest BCUT2D eigenvalue weighted by Crippen LogP contribution is 2.33. The number of carbonyl (C=O) groups is 2. The molecule has 0 aromatic heterocycles. The molecule has 1 amide bonds. The highest BCUT2D eigenvalue weighted by molar-refractivity contribution is 5.83. The van der Waals surface area contributed by atoms with Gasteiger partial charge >= 0.3 is 5.97 Å². The predicted molar refractivity (Wildman–Crippen MR) is 76.3 cm³/mol. The van der Waals surface area contributed by atoms with Gasteiger partial charge in [0.2, 0.25) is 5.91 Å². The molecule has 0 bridgehead atoms. The van der Waals surface area contributed by atoms with E-state index >= 15 is 0 Å². The Morgan fingerprint density at radius 2 is 1.95 bits per heavy atom. The normalized spacial score (nSPS) is 31.0. The Morgan fingerprint density at radius 1 is 1.20 bits per heavy atom. The molecule has 5 nitrogen and oxygen atoms in total. The largest absolute Gasteiger partial charge is 0.481 e. The van der Waals surface area contributed by atoms with E-state index in [1.54, 1.807) is 0 Å². The molecule has 2 rings (SSSR count). The van der Waals surface area contributed by atoms with Crippen molar-refractivity contribution in [3.63, 3.8) is 0 Å². The maximum atomic E-state index is 12.6. The number of hydrogen-bond donors (Lipinski definition) is 3. The van der Waals surface area contributed by atoms with Crippen molar-refractivity contribution in [2.75, 3.05) is 13.1 Å². The number of aliphatic carboxylic acids is 1. The second-order valence-corrected chi connectivity index (χ2v) is 6.72. The highest BCUT2D eigenvalue weighted by Gasteiger charge is 2.41. The lowest BCUT2D eigenvalue weighted by Gasteiger charge is -2.37. The van der Waals surface area contributed by atoms with Crippen molar-refractivity contribution in [3.8, 4) is 0 Å². The molecule has 1 saturated heterocycles. The standard InChI is InChI=1S/C15H26N2O3/c1-15(2,10-5-4-8-16-9-10)14(20)17-12-7-3-6-11(12)13(18)19/h10-12,16H,3-9H2,1-2H3,(H,17,20)(H,18,19). The summed E-state index contributed by atoms with van der Waals surface area (Å²) in [6.07, 6.45) is 4.49. The number of rotatable bonds is 4. The summed E-state index contributed by atoms with van der Waals surface area (Å²) >= 11 is 0. The number of carbonyl (C=O) groups excluding carboxylic acids is 1. The molecule has 0 aromatic carbocycles. The number of hydrogen-bond acceptors (Lipinski definition) is 3. The van der Waals surface area contributed by atoms with Crippen LogP contribution in [0.3, 0.4) is 0 Å². The molecule has 1 saturated carbocycles. The molecule has 114 valence electrons. The third-order valence-corrected chi connectivity index (χ3v) is 5.05. The minimum atomic E-state index is -0.787. The Balaban J connectivity index is 1.97. The summed E-state index contributed by atoms with van der Waals surface area (Å²) < 4.78 is 0. The smallest absolute Gasteiger partial charge is 0.308 e. The first-order valence-corrected chi connectivity index (χ1v) is 7.67. The van der Waals surface area contributed by atoms with Crippen LogP contribution in [0.2, 0.25) is 0 Å². The van der Waals surface area contributed by atoms with Crippen LogP contribution in [-0.4, -0.2) is 36.1 Å². The van der Waals surface area contributed by atoms with Crippen molar-refractivity contribution >= 4 is 11.9 Å². The molecule has 0 aromatic rings. The lowest BCUT2D eigenvalue weighted by Crippen LogP contribution is -2.51. The number of nitrogens with one attached hydrogen (secondary N) is 2. The van der Waals surface area contributed by atoms with Gasteiger partial charge in [-0.15, -0.1) is 0 Å². The molecule has 20 heavy (non-hydrogen) atoms. The maximum absolute atomic E-state index is 12.6. The predicted octanol–water partition coefficient (Wildman–Crippen LogP) is 1.38. The quantitative estimate of drug-likeness (QED) is 0.728. The fraction of sp³-hybridized carbons (Fsp3) is 0.867. The van der Waals surface area contributed by atoms with Crippen LogP contribution < -0.4 is 10.6 Å². The van der Waals surface area contributed by atoms with E-state index in [0.717, 1.165) is 38.8 Å². The van der Waals surface area contributed by atoms with Gasteiger partial charge in [-0.2, -0.15) is 0 Å². The summed E-state index contributed by atoms with van der Waals surface area (Å²) in [5.74, 6) is -0.880. The van der Waals surface area contributed by atoms with Crippen LogP contribution in [0.15, 0.2) is 0 Å². The zero-order valence-corrected chi connectivity index (χ0v) is 12.4. The van der Waals surface area contributed by atoms with E-state index in [0.29, 0.717) is 12.3 Å².